The molecule has 0 bridgehead atoms. The van der Waals surface area contributed by atoms with E-state index >= 15 is 0 Å². The van der Waals surface area contributed by atoms with Crippen molar-refractivity contribution in [2.24, 2.45) is 0 Å². The van der Waals surface area contributed by atoms with E-state index in [1.807, 2.05) is 0 Å². The molecule has 0 unspecified atom stereocenters. The Morgan fingerprint density at radius 3 is 2.53 bits per heavy atom. The first-order chi connectivity index (χ1) is 8.40. The Labute approximate surface area is 99.8 Å². The molecule has 0 aromatic heterocycles. The standard InChI is InChI=1S/C12H13NO4/c1-8(12(16)17)13-11(15)7-4-9-2-5-10(14)6-3-9/h2-8,14H,1H3,(H,13,15)(H,16,17)/b7-4+/t8-/m0/s1/i7D. The van der Waals surface area contributed by atoms with Crippen molar-refractivity contribution in [2.75, 3.05) is 0 Å². The second-order valence-electron chi connectivity index (χ2n) is 3.41. The number of amides is 1. The van der Waals surface area contributed by atoms with E-state index in [4.69, 9.17) is 11.6 Å². The van der Waals surface area contributed by atoms with E-state index in [9.17, 15) is 9.59 Å². The molecule has 0 saturated carbocycles. The number of hydrogen-bond donors (Lipinski definition) is 3. The van der Waals surface area contributed by atoms with Gasteiger partial charge in [-0.3, -0.25) is 9.59 Å². The summed E-state index contributed by atoms with van der Waals surface area (Å²) >= 11 is 0. The zero-order valence-electron chi connectivity index (χ0n) is 10.2. The Hall–Kier alpha value is -2.30. The van der Waals surface area contributed by atoms with Gasteiger partial charge in [-0.25, -0.2) is 0 Å². The van der Waals surface area contributed by atoms with Gasteiger partial charge in [0.1, 0.15) is 11.8 Å². The molecule has 5 nitrogen and oxygen atoms in total. The van der Waals surface area contributed by atoms with Crippen LogP contribution in [0, 0.1) is 0 Å². The van der Waals surface area contributed by atoms with Crippen molar-refractivity contribution < 1.29 is 21.2 Å². The SMILES string of the molecule is [2H]/C(=C\c1ccc(O)cc1)C(=O)N[C@@H](C)C(=O)O. The first-order valence-corrected chi connectivity index (χ1v) is 4.91. The Bertz CT molecular complexity index is 481. The van der Waals surface area contributed by atoms with Crippen molar-refractivity contribution in [3.8, 4) is 5.75 Å². The fourth-order valence-electron chi connectivity index (χ4n) is 1.02. The van der Waals surface area contributed by atoms with Crippen molar-refractivity contribution in [3.05, 3.63) is 35.9 Å². The van der Waals surface area contributed by atoms with E-state index in [2.05, 4.69) is 5.32 Å². The third-order valence-electron chi connectivity index (χ3n) is 1.98. The lowest BCUT2D eigenvalue weighted by Gasteiger charge is -2.05. The molecule has 0 aliphatic rings. The number of aliphatic carboxylic acids is 1. The molecule has 17 heavy (non-hydrogen) atoms. The summed E-state index contributed by atoms with van der Waals surface area (Å²) in [5, 5.41) is 19.8. The van der Waals surface area contributed by atoms with Gasteiger partial charge in [0.05, 0.1) is 1.37 Å². The van der Waals surface area contributed by atoms with Crippen molar-refractivity contribution in [3.63, 3.8) is 0 Å². The average Bonchev–Trinajstić information content (AvgIpc) is 2.31. The predicted molar refractivity (Wildman–Crippen MR) is 62.4 cm³/mol. The van der Waals surface area contributed by atoms with Crippen LogP contribution in [-0.2, 0) is 9.59 Å². The van der Waals surface area contributed by atoms with Crippen molar-refractivity contribution in [2.45, 2.75) is 13.0 Å². The minimum absolute atomic E-state index is 0.0858. The van der Waals surface area contributed by atoms with Crippen LogP contribution in [0.2, 0.25) is 0 Å². The maximum Gasteiger partial charge on any atom is 0.325 e. The van der Waals surface area contributed by atoms with Gasteiger partial charge in [0.25, 0.3) is 0 Å². The van der Waals surface area contributed by atoms with Crippen LogP contribution in [0.5, 0.6) is 5.75 Å². The van der Waals surface area contributed by atoms with Crippen LogP contribution in [0.3, 0.4) is 0 Å². The van der Waals surface area contributed by atoms with Gasteiger partial charge < -0.3 is 15.5 Å². The topological polar surface area (TPSA) is 86.6 Å². The molecule has 1 atom stereocenters. The Morgan fingerprint density at radius 1 is 1.41 bits per heavy atom. The number of benzene rings is 1. The Balaban J connectivity index is 2.74. The lowest BCUT2D eigenvalue weighted by Crippen LogP contribution is -2.37. The summed E-state index contributed by atoms with van der Waals surface area (Å²) in [6, 6.07) is 4.53. The van der Waals surface area contributed by atoms with Crippen LogP contribution in [0.15, 0.2) is 30.3 Å². The van der Waals surface area contributed by atoms with Gasteiger partial charge >= 0.3 is 5.97 Å². The summed E-state index contributed by atoms with van der Waals surface area (Å²) in [6.07, 6.45) is 1.28. The maximum absolute atomic E-state index is 11.4. The number of carbonyl (C=O) groups is 2. The molecule has 5 heteroatoms. The molecular formula is C12H13NO4. The molecule has 0 heterocycles. The number of aromatic hydroxyl groups is 1. The van der Waals surface area contributed by atoms with Crippen molar-refractivity contribution >= 4 is 18.0 Å². The normalized spacial score (nSPS) is 13.7. The quantitative estimate of drug-likeness (QED) is 0.680. The highest BCUT2D eigenvalue weighted by Gasteiger charge is 2.11. The number of carboxylic acids is 1. The second-order valence-corrected chi connectivity index (χ2v) is 3.41. The second kappa shape index (κ2) is 5.69. The summed E-state index contributed by atoms with van der Waals surface area (Å²) in [5.74, 6) is -1.85. The van der Waals surface area contributed by atoms with Crippen LogP contribution in [0.25, 0.3) is 6.08 Å². The number of carboxylic acid groups (broad SMARTS) is 1. The molecule has 0 aliphatic carbocycles. The number of phenolic OH excluding ortho intramolecular Hbond substituents is 1. The summed E-state index contributed by atoms with van der Waals surface area (Å²) in [7, 11) is 0. The lowest BCUT2D eigenvalue weighted by atomic mass is 10.2. The summed E-state index contributed by atoms with van der Waals surface area (Å²) in [4.78, 5) is 22.0. The third-order valence-corrected chi connectivity index (χ3v) is 1.98. The van der Waals surface area contributed by atoms with E-state index in [1.54, 1.807) is 0 Å². The van der Waals surface area contributed by atoms with Crippen LogP contribution in [-0.4, -0.2) is 28.1 Å². The summed E-state index contributed by atoms with van der Waals surface area (Å²) in [6.45, 7) is 1.31. The number of rotatable bonds is 4. The van der Waals surface area contributed by atoms with E-state index in [1.165, 1.54) is 37.3 Å². The molecule has 1 aromatic rings. The molecule has 3 N–H and O–H groups in total. The number of hydrogen-bond acceptors (Lipinski definition) is 3. The first kappa shape index (κ1) is 11.2. The molecule has 1 aromatic carbocycles. The molecule has 1 amide bonds. The third kappa shape index (κ3) is 4.38. The highest BCUT2D eigenvalue weighted by atomic mass is 16.4. The minimum Gasteiger partial charge on any atom is -0.508 e. The van der Waals surface area contributed by atoms with Crippen molar-refractivity contribution in [1.29, 1.82) is 0 Å². The molecule has 0 radical (unpaired) electrons. The first-order valence-electron chi connectivity index (χ1n) is 5.41. The molecule has 0 saturated heterocycles. The van der Waals surface area contributed by atoms with Gasteiger partial charge in [-0.15, -0.1) is 0 Å². The molecule has 0 fully saturated rings. The molecule has 1 rings (SSSR count). The summed E-state index contributed by atoms with van der Waals surface area (Å²) < 4.78 is 7.50. The highest BCUT2D eigenvalue weighted by Crippen LogP contribution is 2.10. The Morgan fingerprint density at radius 2 is 2.00 bits per heavy atom. The fraction of sp³-hybridized carbons (Fsp3) is 0.167. The summed E-state index contributed by atoms with van der Waals surface area (Å²) in [5.41, 5.74) is 0.566. The Kier molecular flexibility index (Phi) is 3.75. The van der Waals surface area contributed by atoms with E-state index < -0.39 is 17.9 Å². The van der Waals surface area contributed by atoms with Crippen molar-refractivity contribution in [1.82, 2.24) is 5.32 Å². The largest absolute Gasteiger partial charge is 0.508 e. The van der Waals surface area contributed by atoms with Gasteiger partial charge in [0, 0.05) is 6.05 Å². The van der Waals surface area contributed by atoms with Gasteiger partial charge in [-0.1, -0.05) is 12.1 Å². The molecule has 0 spiro atoms. The smallest absolute Gasteiger partial charge is 0.325 e. The highest BCUT2D eigenvalue weighted by molar-refractivity contribution is 5.94. The van der Waals surface area contributed by atoms with Gasteiger partial charge in [-0.05, 0) is 30.7 Å². The molecule has 0 aliphatic heterocycles. The van der Waals surface area contributed by atoms with Crippen LogP contribution in [0.4, 0.5) is 0 Å². The van der Waals surface area contributed by atoms with Gasteiger partial charge in [-0.2, -0.15) is 0 Å². The maximum atomic E-state index is 11.4. The lowest BCUT2D eigenvalue weighted by molar-refractivity contribution is -0.140. The van der Waals surface area contributed by atoms with Crippen LogP contribution in [0.1, 0.15) is 13.9 Å². The zero-order valence-corrected chi connectivity index (χ0v) is 9.18. The van der Waals surface area contributed by atoms with Gasteiger partial charge in [0.15, 0.2) is 0 Å². The predicted octanol–water partition coefficient (Wildman–Crippen LogP) is 0.995. The average molecular weight is 236 g/mol. The fourth-order valence-corrected chi connectivity index (χ4v) is 1.02. The van der Waals surface area contributed by atoms with E-state index in [0.717, 1.165) is 0 Å². The number of carbonyl (C=O) groups excluding carboxylic acids is 1. The molecule has 90 valence electrons. The van der Waals surface area contributed by atoms with Gasteiger partial charge in [0.2, 0.25) is 5.91 Å². The number of phenols is 1. The number of nitrogens with one attached hydrogen (secondary N) is 1. The van der Waals surface area contributed by atoms with E-state index in [-0.39, 0.29) is 11.8 Å². The minimum atomic E-state index is -1.17. The van der Waals surface area contributed by atoms with E-state index in [0.29, 0.717) is 5.56 Å². The zero-order chi connectivity index (χ0) is 13.7. The molecular weight excluding hydrogens is 222 g/mol. The van der Waals surface area contributed by atoms with Crippen LogP contribution >= 0.6 is 0 Å². The monoisotopic (exact) mass is 236 g/mol. The van der Waals surface area contributed by atoms with Crippen LogP contribution < -0.4 is 5.32 Å².